The van der Waals surface area contributed by atoms with Crippen LogP contribution in [0.4, 0.5) is 4.39 Å². The summed E-state index contributed by atoms with van der Waals surface area (Å²) in [7, 11) is 0. The molecule has 1 saturated heterocycles. The van der Waals surface area contributed by atoms with Gasteiger partial charge in [0.2, 0.25) is 5.89 Å². The Bertz CT molecular complexity index is 1420. The van der Waals surface area contributed by atoms with Crippen molar-refractivity contribution in [2.45, 2.75) is 12.6 Å². The highest BCUT2D eigenvalue weighted by atomic mass is 19.1. The maximum Gasteiger partial charge on any atom is 0.255 e. The minimum atomic E-state index is -0.358. The summed E-state index contributed by atoms with van der Waals surface area (Å²) >= 11 is 0. The molecule has 170 valence electrons. The molecule has 0 radical (unpaired) electrons. The number of amides is 2. The molecule has 0 saturated carbocycles. The summed E-state index contributed by atoms with van der Waals surface area (Å²) < 4.78 is 19.6. The van der Waals surface area contributed by atoms with Crippen LogP contribution in [-0.2, 0) is 6.42 Å². The smallest absolute Gasteiger partial charge is 0.255 e. The predicted octanol–water partition coefficient (Wildman–Crippen LogP) is 3.66. The van der Waals surface area contributed by atoms with Crippen LogP contribution in [0, 0.1) is 5.82 Å². The first-order valence-electron chi connectivity index (χ1n) is 11.1. The Morgan fingerprint density at radius 3 is 2.76 bits per heavy atom. The zero-order valence-electron chi connectivity index (χ0n) is 18.2. The van der Waals surface area contributed by atoms with Gasteiger partial charge in [0.15, 0.2) is 5.58 Å². The molecule has 2 aliphatic heterocycles. The number of hydrogen-bond acceptors (Lipinski definition) is 5. The second-order valence-electron chi connectivity index (χ2n) is 8.58. The Balaban J connectivity index is 1.18. The van der Waals surface area contributed by atoms with Gasteiger partial charge in [0.05, 0.1) is 12.8 Å². The minimum absolute atomic E-state index is 0.115. The van der Waals surface area contributed by atoms with Crippen molar-refractivity contribution in [1.82, 2.24) is 20.1 Å². The van der Waals surface area contributed by atoms with Crippen molar-refractivity contribution in [1.29, 1.82) is 0 Å². The highest BCUT2D eigenvalue weighted by molar-refractivity contribution is 5.98. The minimum Gasteiger partial charge on any atom is -0.436 e. The molecule has 0 spiro atoms. The van der Waals surface area contributed by atoms with Gasteiger partial charge in [0.25, 0.3) is 11.8 Å². The molecule has 34 heavy (non-hydrogen) atoms. The van der Waals surface area contributed by atoms with Crippen molar-refractivity contribution in [3.05, 3.63) is 89.2 Å². The third kappa shape index (κ3) is 3.62. The largest absolute Gasteiger partial charge is 0.436 e. The molecule has 0 aliphatic carbocycles. The Morgan fingerprint density at radius 2 is 1.91 bits per heavy atom. The molecule has 3 aromatic carbocycles. The number of fused-ring (bicyclic) bond motifs is 2. The molecule has 6 rings (SSSR count). The predicted molar refractivity (Wildman–Crippen MR) is 123 cm³/mol. The Hall–Kier alpha value is -4.04. The molecule has 1 aromatic heterocycles. The third-order valence-electron chi connectivity index (χ3n) is 6.42. The highest BCUT2D eigenvalue weighted by Gasteiger charge is 2.34. The van der Waals surface area contributed by atoms with E-state index in [1.165, 1.54) is 18.2 Å². The van der Waals surface area contributed by atoms with Crippen LogP contribution in [0.1, 0.15) is 26.3 Å². The third-order valence-corrected chi connectivity index (χ3v) is 6.42. The van der Waals surface area contributed by atoms with Crippen molar-refractivity contribution in [2.24, 2.45) is 0 Å². The lowest BCUT2D eigenvalue weighted by molar-refractivity contribution is 0.0716. The molecule has 7 nitrogen and oxygen atoms in total. The summed E-state index contributed by atoms with van der Waals surface area (Å²) in [5.41, 5.74) is 3.82. The van der Waals surface area contributed by atoms with E-state index in [1.54, 1.807) is 23.1 Å². The van der Waals surface area contributed by atoms with Gasteiger partial charge >= 0.3 is 0 Å². The summed E-state index contributed by atoms with van der Waals surface area (Å²) in [6.45, 7) is 1.52. The van der Waals surface area contributed by atoms with Crippen LogP contribution in [0.25, 0.3) is 22.6 Å². The van der Waals surface area contributed by atoms with Crippen LogP contribution >= 0.6 is 0 Å². The SMILES string of the molecule is O=C1NC(N2CCN(C(=O)c3ccc4nc(-c5ccccc5)oc4c3)C2)Cc2cc(F)ccc21. The van der Waals surface area contributed by atoms with E-state index in [1.807, 2.05) is 35.2 Å². The quantitative estimate of drug-likeness (QED) is 0.509. The fourth-order valence-electron chi connectivity index (χ4n) is 4.64. The molecular formula is C26H21FN4O3. The number of carbonyl (C=O) groups excluding carboxylic acids is 2. The molecule has 2 amide bonds. The lowest BCUT2D eigenvalue weighted by Crippen LogP contribution is -2.52. The highest BCUT2D eigenvalue weighted by Crippen LogP contribution is 2.26. The van der Waals surface area contributed by atoms with E-state index in [9.17, 15) is 14.0 Å². The van der Waals surface area contributed by atoms with Crippen LogP contribution in [0.2, 0.25) is 0 Å². The zero-order chi connectivity index (χ0) is 23.2. The lowest BCUT2D eigenvalue weighted by atomic mass is 9.98. The monoisotopic (exact) mass is 456 g/mol. The number of halogens is 1. The maximum atomic E-state index is 13.7. The van der Waals surface area contributed by atoms with E-state index in [-0.39, 0.29) is 23.8 Å². The summed E-state index contributed by atoms with van der Waals surface area (Å²) in [6, 6.07) is 19.1. The van der Waals surface area contributed by atoms with Crippen LogP contribution in [-0.4, -0.2) is 52.5 Å². The van der Waals surface area contributed by atoms with Gasteiger partial charge in [-0.15, -0.1) is 0 Å². The first-order chi connectivity index (χ1) is 16.5. The van der Waals surface area contributed by atoms with Gasteiger partial charge in [-0.3, -0.25) is 14.5 Å². The molecule has 0 bridgehead atoms. The number of rotatable bonds is 3. The second kappa shape index (κ2) is 8.07. The zero-order valence-corrected chi connectivity index (χ0v) is 18.2. The van der Waals surface area contributed by atoms with E-state index >= 15 is 0 Å². The molecule has 4 aromatic rings. The fourth-order valence-corrected chi connectivity index (χ4v) is 4.64. The van der Waals surface area contributed by atoms with Gasteiger partial charge < -0.3 is 14.6 Å². The maximum absolute atomic E-state index is 13.7. The summed E-state index contributed by atoms with van der Waals surface area (Å²) in [6.07, 6.45) is 0.206. The summed E-state index contributed by atoms with van der Waals surface area (Å²) in [4.78, 5) is 34.0. The molecule has 8 heteroatoms. The molecule has 1 atom stereocenters. The number of hydrogen-bond donors (Lipinski definition) is 1. The molecular weight excluding hydrogens is 435 g/mol. The summed E-state index contributed by atoms with van der Waals surface area (Å²) in [5, 5.41) is 2.98. The van der Waals surface area contributed by atoms with E-state index in [2.05, 4.69) is 10.3 Å². The molecule has 1 unspecified atom stereocenters. The molecule has 3 heterocycles. The standard InChI is InChI=1S/C26H21FN4O3/c27-19-7-8-20-18(12-19)14-23(29-24(20)32)30-10-11-31(15-30)26(33)17-6-9-21-22(13-17)34-25(28-21)16-4-2-1-3-5-16/h1-9,12-13,23H,10-11,14-15H2,(H,29,32). The number of oxazole rings is 1. The van der Waals surface area contributed by atoms with E-state index in [0.29, 0.717) is 59.9 Å². The van der Waals surface area contributed by atoms with Gasteiger partial charge in [-0.25, -0.2) is 9.37 Å². The molecule has 1 N–H and O–H groups in total. The number of nitrogens with one attached hydrogen (secondary N) is 1. The topological polar surface area (TPSA) is 78.7 Å². The van der Waals surface area contributed by atoms with Gasteiger partial charge in [0, 0.05) is 36.2 Å². The fraction of sp³-hybridized carbons (Fsp3) is 0.192. The number of aromatic nitrogens is 1. The van der Waals surface area contributed by atoms with Crippen LogP contribution < -0.4 is 5.32 Å². The Kier molecular flexibility index (Phi) is 4.88. The van der Waals surface area contributed by atoms with Gasteiger partial charge in [-0.1, -0.05) is 18.2 Å². The van der Waals surface area contributed by atoms with Crippen LogP contribution in [0.5, 0.6) is 0 Å². The van der Waals surface area contributed by atoms with Crippen molar-refractivity contribution in [3.63, 3.8) is 0 Å². The average molecular weight is 456 g/mol. The second-order valence-corrected chi connectivity index (χ2v) is 8.58. The van der Waals surface area contributed by atoms with E-state index in [0.717, 1.165) is 5.56 Å². The van der Waals surface area contributed by atoms with Crippen molar-refractivity contribution < 1.29 is 18.4 Å². The van der Waals surface area contributed by atoms with Gasteiger partial charge in [-0.2, -0.15) is 0 Å². The van der Waals surface area contributed by atoms with Crippen molar-refractivity contribution in [2.75, 3.05) is 19.8 Å². The molecule has 1 fully saturated rings. The first-order valence-corrected chi connectivity index (χ1v) is 11.1. The Morgan fingerprint density at radius 1 is 1.06 bits per heavy atom. The lowest BCUT2D eigenvalue weighted by Gasteiger charge is -2.32. The van der Waals surface area contributed by atoms with E-state index in [4.69, 9.17) is 4.42 Å². The van der Waals surface area contributed by atoms with Crippen molar-refractivity contribution in [3.8, 4) is 11.5 Å². The summed E-state index contributed by atoms with van der Waals surface area (Å²) in [5.74, 6) is -0.183. The normalized spacial score (nSPS) is 18.2. The number of carbonyl (C=O) groups is 2. The van der Waals surface area contributed by atoms with Gasteiger partial charge in [-0.05, 0) is 54.1 Å². The molecule has 2 aliphatic rings. The Labute approximate surface area is 194 Å². The number of nitrogens with zero attached hydrogens (tertiary/aromatic N) is 3. The van der Waals surface area contributed by atoms with E-state index < -0.39 is 0 Å². The average Bonchev–Trinajstić information content (AvgIpc) is 3.51. The van der Waals surface area contributed by atoms with Gasteiger partial charge in [0.1, 0.15) is 11.3 Å². The van der Waals surface area contributed by atoms with Crippen molar-refractivity contribution >= 4 is 22.9 Å². The van der Waals surface area contributed by atoms with Crippen LogP contribution in [0.15, 0.2) is 71.1 Å². The number of benzene rings is 3. The van der Waals surface area contributed by atoms with Crippen LogP contribution in [0.3, 0.4) is 0 Å². The first kappa shape index (κ1) is 20.6.